The molecule has 0 aliphatic rings. The number of hydrogen-bond donors (Lipinski definition) is 2. The first-order valence-electron chi connectivity index (χ1n) is 6.50. The minimum Gasteiger partial charge on any atom is -0.312 e. The quantitative estimate of drug-likeness (QED) is 0.792. The molecule has 1 aromatic heterocycles. The first-order chi connectivity index (χ1) is 9.94. The molecule has 0 saturated heterocycles. The molecule has 0 amide bonds. The fourth-order valence-corrected chi connectivity index (χ4v) is 5.06. The van der Waals surface area contributed by atoms with E-state index in [0.717, 1.165) is 21.5 Å². The van der Waals surface area contributed by atoms with Crippen molar-refractivity contribution in [1.29, 1.82) is 0 Å². The van der Waals surface area contributed by atoms with Gasteiger partial charge in [-0.25, -0.2) is 8.42 Å². The van der Waals surface area contributed by atoms with Crippen LogP contribution in [-0.2, 0) is 16.6 Å². The summed E-state index contributed by atoms with van der Waals surface area (Å²) in [6, 6.07) is 7.15. The van der Waals surface area contributed by atoms with Crippen LogP contribution >= 0.6 is 27.3 Å². The van der Waals surface area contributed by atoms with Crippen LogP contribution in [0.25, 0.3) is 0 Å². The van der Waals surface area contributed by atoms with Gasteiger partial charge in [-0.15, -0.1) is 11.3 Å². The van der Waals surface area contributed by atoms with E-state index in [4.69, 9.17) is 0 Å². The van der Waals surface area contributed by atoms with E-state index in [-0.39, 0.29) is 0 Å². The van der Waals surface area contributed by atoms with Crippen LogP contribution in [0.1, 0.15) is 17.4 Å². The Bertz CT molecular complexity index is 726. The highest BCUT2D eigenvalue weighted by molar-refractivity contribution is 9.10. The summed E-state index contributed by atoms with van der Waals surface area (Å²) in [4.78, 5) is 1.15. The highest BCUT2D eigenvalue weighted by atomic mass is 79.9. The Balaban J connectivity index is 2.28. The minimum atomic E-state index is -3.58. The first kappa shape index (κ1) is 16.5. The van der Waals surface area contributed by atoms with E-state index in [1.807, 2.05) is 26.0 Å². The standard InChI is InChI=1S/C14H17BrN2O2S2/c1-3-16-9-13-14(6-7-20-13)21(18,19)17-12-5-4-10(2)8-11(12)15/h4-8,16-17H,3,9H2,1-2H3. The fourth-order valence-electron chi connectivity index (χ4n) is 1.84. The van der Waals surface area contributed by atoms with Crippen LogP contribution in [0.5, 0.6) is 0 Å². The van der Waals surface area contributed by atoms with Gasteiger partial charge in [0, 0.05) is 15.9 Å². The second kappa shape index (κ2) is 6.91. The number of thiophene rings is 1. The second-order valence-corrected chi connectivity index (χ2v) is 8.08. The van der Waals surface area contributed by atoms with Gasteiger partial charge in [-0.05, 0) is 58.5 Å². The van der Waals surface area contributed by atoms with Crippen LogP contribution in [0, 0.1) is 6.92 Å². The van der Waals surface area contributed by atoms with E-state index in [9.17, 15) is 8.42 Å². The molecule has 1 heterocycles. The van der Waals surface area contributed by atoms with E-state index < -0.39 is 10.0 Å². The van der Waals surface area contributed by atoms with Crippen molar-refractivity contribution in [1.82, 2.24) is 5.32 Å². The molecule has 0 saturated carbocycles. The Hall–Kier alpha value is -0.890. The molecular formula is C14H17BrN2O2S2. The number of hydrogen-bond acceptors (Lipinski definition) is 4. The topological polar surface area (TPSA) is 58.2 Å². The number of rotatable bonds is 6. The van der Waals surface area contributed by atoms with E-state index in [0.29, 0.717) is 17.1 Å². The van der Waals surface area contributed by atoms with Crippen molar-refractivity contribution in [3.63, 3.8) is 0 Å². The molecule has 0 radical (unpaired) electrons. The van der Waals surface area contributed by atoms with E-state index >= 15 is 0 Å². The first-order valence-corrected chi connectivity index (χ1v) is 9.65. The maximum absolute atomic E-state index is 12.5. The normalized spacial score (nSPS) is 11.6. The van der Waals surface area contributed by atoms with Crippen LogP contribution in [0.4, 0.5) is 5.69 Å². The molecule has 114 valence electrons. The summed E-state index contributed by atoms with van der Waals surface area (Å²) >= 11 is 4.83. The zero-order valence-electron chi connectivity index (χ0n) is 11.8. The molecule has 0 spiro atoms. The molecule has 0 fully saturated rings. The van der Waals surface area contributed by atoms with Gasteiger partial charge >= 0.3 is 0 Å². The third kappa shape index (κ3) is 4.06. The molecular weight excluding hydrogens is 372 g/mol. The van der Waals surface area contributed by atoms with Crippen LogP contribution < -0.4 is 10.0 Å². The van der Waals surface area contributed by atoms with Crippen molar-refractivity contribution in [2.24, 2.45) is 0 Å². The lowest BCUT2D eigenvalue weighted by molar-refractivity contribution is 0.599. The van der Waals surface area contributed by atoms with Crippen molar-refractivity contribution in [2.75, 3.05) is 11.3 Å². The summed E-state index contributed by atoms with van der Waals surface area (Å²) in [6.45, 7) is 5.30. The molecule has 2 rings (SSSR count). The average molecular weight is 389 g/mol. The van der Waals surface area contributed by atoms with Crippen LogP contribution in [-0.4, -0.2) is 15.0 Å². The zero-order valence-corrected chi connectivity index (χ0v) is 15.0. The predicted octanol–water partition coefficient (Wildman–Crippen LogP) is 3.73. The SMILES string of the molecule is CCNCc1sccc1S(=O)(=O)Nc1ccc(C)cc1Br. The summed E-state index contributed by atoms with van der Waals surface area (Å²) in [6.07, 6.45) is 0. The number of aryl methyl sites for hydroxylation is 1. The smallest absolute Gasteiger partial charge is 0.263 e. The molecule has 4 nitrogen and oxygen atoms in total. The van der Waals surface area contributed by atoms with Gasteiger partial charge in [0.15, 0.2) is 0 Å². The van der Waals surface area contributed by atoms with Gasteiger partial charge in [0.1, 0.15) is 4.90 Å². The third-order valence-corrected chi connectivity index (χ3v) is 6.05. The van der Waals surface area contributed by atoms with Gasteiger partial charge in [-0.3, -0.25) is 4.72 Å². The molecule has 0 bridgehead atoms. The van der Waals surface area contributed by atoms with Crippen LogP contribution in [0.3, 0.4) is 0 Å². The second-order valence-electron chi connectivity index (χ2n) is 4.58. The van der Waals surface area contributed by atoms with Gasteiger partial charge in [0.25, 0.3) is 10.0 Å². The summed E-state index contributed by atoms with van der Waals surface area (Å²) in [5.41, 5.74) is 1.61. The highest BCUT2D eigenvalue weighted by Crippen LogP contribution is 2.28. The minimum absolute atomic E-state index is 0.334. The molecule has 21 heavy (non-hydrogen) atoms. The average Bonchev–Trinajstić information content (AvgIpc) is 2.89. The van der Waals surface area contributed by atoms with Crippen molar-refractivity contribution in [3.05, 3.63) is 44.6 Å². The molecule has 2 N–H and O–H groups in total. The summed E-state index contributed by atoms with van der Waals surface area (Å²) < 4.78 is 28.4. The lowest BCUT2D eigenvalue weighted by Gasteiger charge is -2.11. The Morgan fingerprint density at radius 2 is 2.05 bits per heavy atom. The monoisotopic (exact) mass is 388 g/mol. The Kier molecular flexibility index (Phi) is 5.43. The summed E-state index contributed by atoms with van der Waals surface area (Å²) in [5, 5.41) is 4.95. The lowest BCUT2D eigenvalue weighted by atomic mass is 10.2. The maximum atomic E-state index is 12.5. The zero-order chi connectivity index (χ0) is 15.5. The largest absolute Gasteiger partial charge is 0.312 e. The van der Waals surface area contributed by atoms with Gasteiger partial charge in [0.2, 0.25) is 0 Å². The highest BCUT2D eigenvalue weighted by Gasteiger charge is 2.20. The lowest BCUT2D eigenvalue weighted by Crippen LogP contribution is -2.17. The molecule has 7 heteroatoms. The molecule has 0 atom stereocenters. The number of benzene rings is 1. The number of anilines is 1. The van der Waals surface area contributed by atoms with Crippen molar-refractivity contribution < 1.29 is 8.42 Å². The molecule has 0 unspecified atom stereocenters. The van der Waals surface area contributed by atoms with Gasteiger partial charge in [0.05, 0.1) is 5.69 Å². The third-order valence-electron chi connectivity index (χ3n) is 2.90. The molecule has 0 aliphatic heterocycles. The Morgan fingerprint density at radius 1 is 1.29 bits per heavy atom. The number of halogens is 1. The molecule has 0 aliphatic carbocycles. The number of sulfonamides is 1. The summed E-state index contributed by atoms with van der Waals surface area (Å²) in [7, 11) is -3.58. The van der Waals surface area contributed by atoms with E-state index in [1.54, 1.807) is 17.5 Å². The Labute approximate surface area is 137 Å². The van der Waals surface area contributed by atoms with Crippen molar-refractivity contribution in [3.8, 4) is 0 Å². The van der Waals surface area contributed by atoms with Crippen LogP contribution in [0.2, 0.25) is 0 Å². The van der Waals surface area contributed by atoms with Gasteiger partial charge in [-0.2, -0.15) is 0 Å². The van der Waals surface area contributed by atoms with E-state index in [1.165, 1.54) is 11.3 Å². The van der Waals surface area contributed by atoms with Crippen LogP contribution in [0.15, 0.2) is 39.0 Å². The van der Waals surface area contributed by atoms with Crippen molar-refractivity contribution >= 4 is 43.0 Å². The Morgan fingerprint density at radius 3 is 2.71 bits per heavy atom. The predicted molar refractivity (Wildman–Crippen MR) is 91.4 cm³/mol. The molecule has 2 aromatic rings. The van der Waals surface area contributed by atoms with E-state index in [2.05, 4.69) is 26.0 Å². The number of nitrogens with one attached hydrogen (secondary N) is 2. The fraction of sp³-hybridized carbons (Fsp3) is 0.286. The maximum Gasteiger partial charge on any atom is 0.263 e. The van der Waals surface area contributed by atoms with Crippen molar-refractivity contribution in [2.45, 2.75) is 25.3 Å². The summed E-state index contributed by atoms with van der Waals surface area (Å²) in [5.74, 6) is 0. The van der Waals surface area contributed by atoms with Gasteiger partial charge < -0.3 is 5.32 Å². The molecule has 1 aromatic carbocycles. The van der Waals surface area contributed by atoms with Gasteiger partial charge in [-0.1, -0.05) is 13.0 Å².